The van der Waals surface area contributed by atoms with Gasteiger partial charge in [0.2, 0.25) is 0 Å². The van der Waals surface area contributed by atoms with Gasteiger partial charge in [0.05, 0.1) is 0 Å². The van der Waals surface area contributed by atoms with Crippen molar-refractivity contribution in [2.45, 2.75) is 32.2 Å². The maximum absolute atomic E-state index is 12.3. The SMILES string of the molecule is CCCC1=NC2C(=O)N(C)C(=O)N=C2N1CCc1ccccc1. The second kappa shape index (κ2) is 6.32. The molecule has 3 amide bonds. The molecule has 2 aliphatic rings. The number of fused-ring (bicyclic) bond motifs is 1. The first-order valence-corrected chi connectivity index (χ1v) is 7.90. The molecule has 6 heteroatoms. The van der Waals surface area contributed by atoms with Gasteiger partial charge in [0.25, 0.3) is 5.91 Å². The Balaban J connectivity index is 1.84. The van der Waals surface area contributed by atoms with Crippen LogP contribution in [0.1, 0.15) is 25.3 Å². The van der Waals surface area contributed by atoms with E-state index in [2.05, 4.69) is 29.0 Å². The highest BCUT2D eigenvalue weighted by molar-refractivity contribution is 6.25. The Morgan fingerprint density at radius 1 is 1.13 bits per heavy atom. The van der Waals surface area contributed by atoms with Gasteiger partial charge in [-0.2, -0.15) is 4.99 Å². The van der Waals surface area contributed by atoms with Crippen molar-refractivity contribution < 1.29 is 9.59 Å². The minimum absolute atomic E-state index is 0.296. The zero-order valence-electron chi connectivity index (χ0n) is 13.4. The molecular weight excluding hydrogens is 292 g/mol. The molecule has 1 unspecified atom stereocenters. The van der Waals surface area contributed by atoms with Crippen LogP contribution in [0.4, 0.5) is 4.79 Å². The summed E-state index contributed by atoms with van der Waals surface area (Å²) in [4.78, 5) is 35.8. The van der Waals surface area contributed by atoms with Gasteiger partial charge >= 0.3 is 6.03 Å². The van der Waals surface area contributed by atoms with Crippen LogP contribution in [0, 0.1) is 0 Å². The van der Waals surface area contributed by atoms with Crippen LogP contribution in [-0.2, 0) is 11.2 Å². The number of urea groups is 1. The van der Waals surface area contributed by atoms with Crippen LogP contribution >= 0.6 is 0 Å². The van der Waals surface area contributed by atoms with Crippen molar-refractivity contribution in [2.75, 3.05) is 13.6 Å². The summed E-state index contributed by atoms with van der Waals surface area (Å²) >= 11 is 0. The number of nitrogens with zero attached hydrogens (tertiary/aromatic N) is 4. The molecule has 0 spiro atoms. The quantitative estimate of drug-likeness (QED) is 0.836. The Labute approximate surface area is 135 Å². The molecule has 1 atom stereocenters. The van der Waals surface area contributed by atoms with E-state index in [0.29, 0.717) is 12.4 Å². The maximum atomic E-state index is 12.3. The second-order valence-electron chi connectivity index (χ2n) is 5.73. The lowest BCUT2D eigenvalue weighted by Crippen LogP contribution is -2.50. The smallest absolute Gasteiger partial charge is 0.316 e. The van der Waals surface area contributed by atoms with E-state index in [1.165, 1.54) is 12.6 Å². The van der Waals surface area contributed by atoms with Crippen LogP contribution in [-0.4, -0.2) is 53.0 Å². The Morgan fingerprint density at radius 3 is 2.57 bits per heavy atom. The van der Waals surface area contributed by atoms with Crippen molar-refractivity contribution in [3.05, 3.63) is 35.9 Å². The molecule has 3 rings (SSSR count). The molecule has 0 aliphatic carbocycles. The van der Waals surface area contributed by atoms with Gasteiger partial charge in [-0.25, -0.2) is 4.79 Å². The first-order valence-electron chi connectivity index (χ1n) is 7.90. The first-order chi connectivity index (χ1) is 11.1. The van der Waals surface area contributed by atoms with Crippen LogP contribution in [0.5, 0.6) is 0 Å². The average molecular weight is 312 g/mol. The summed E-state index contributed by atoms with van der Waals surface area (Å²) in [5, 5.41) is 0. The fourth-order valence-electron chi connectivity index (χ4n) is 2.85. The topological polar surface area (TPSA) is 65.3 Å². The number of likely N-dealkylation sites (N-methyl/N-ethyl adjacent to an activating group) is 1. The maximum Gasteiger partial charge on any atom is 0.351 e. The molecular formula is C17H20N4O2. The fourth-order valence-corrected chi connectivity index (χ4v) is 2.85. The molecule has 0 N–H and O–H groups in total. The number of hydrogen-bond donors (Lipinski definition) is 0. The summed E-state index contributed by atoms with van der Waals surface area (Å²) in [6.45, 7) is 2.74. The van der Waals surface area contributed by atoms with E-state index in [9.17, 15) is 9.59 Å². The second-order valence-corrected chi connectivity index (χ2v) is 5.73. The number of hydrogen-bond acceptors (Lipinski definition) is 4. The summed E-state index contributed by atoms with van der Waals surface area (Å²) in [7, 11) is 1.45. The van der Waals surface area contributed by atoms with Gasteiger partial charge < -0.3 is 4.90 Å². The van der Waals surface area contributed by atoms with Crippen molar-refractivity contribution in [2.24, 2.45) is 9.98 Å². The number of rotatable bonds is 5. The van der Waals surface area contributed by atoms with Crippen LogP contribution in [0.2, 0.25) is 0 Å². The standard InChI is InChI=1S/C17H20N4O2/c1-3-7-13-18-14-15(19-17(23)20(2)16(14)22)21(13)11-10-12-8-5-4-6-9-12/h4-6,8-9,14H,3,7,10-11H2,1-2H3. The minimum Gasteiger partial charge on any atom is -0.316 e. The summed E-state index contributed by atoms with van der Waals surface area (Å²) in [5.41, 5.74) is 1.21. The lowest BCUT2D eigenvalue weighted by atomic mass is 10.1. The summed E-state index contributed by atoms with van der Waals surface area (Å²) < 4.78 is 0. The monoisotopic (exact) mass is 312 g/mol. The van der Waals surface area contributed by atoms with Gasteiger partial charge in [0.1, 0.15) is 5.84 Å². The van der Waals surface area contributed by atoms with E-state index in [1.807, 2.05) is 23.1 Å². The molecule has 2 aliphatic heterocycles. The van der Waals surface area contributed by atoms with Gasteiger partial charge in [0, 0.05) is 20.0 Å². The molecule has 23 heavy (non-hydrogen) atoms. The summed E-state index contributed by atoms with van der Waals surface area (Å²) in [5.74, 6) is 1.04. The van der Waals surface area contributed by atoms with E-state index in [1.54, 1.807) is 0 Å². The molecule has 6 nitrogen and oxygen atoms in total. The zero-order valence-corrected chi connectivity index (χ0v) is 13.4. The Morgan fingerprint density at radius 2 is 1.87 bits per heavy atom. The zero-order chi connectivity index (χ0) is 16.4. The lowest BCUT2D eigenvalue weighted by Gasteiger charge is -2.26. The normalized spacial score (nSPS) is 20.5. The number of carbonyl (C=O) groups excluding carboxylic acids is 2. The van der Waals surface area contributed by atoms with Crippen LogP contribution in [0.3, 0.4) is 0 Å². The number of amides is 3. The van der Waals surface area contributed by atoms with Crippen molar-refractivity contribution in [3.63, 3.8) is 0 Å². The molecule has 120 valence electrons. The number of imide groups is 1. The number of benzene rings is 1. The number of aliphatic imine (C=N–C) groups is 2. The first kappa shape index (κ1) is 15.4. The predicted octanol–water partition coefficient (Wildman–Crippen LogP) is 2.10. The molecule has 0 saturated heterocycles. The van der Waals surface area contributed by atoms with E-state index in [-0.39, 0.29) is 5.91 Å². The predicted molar refractivity (Wildman–Crippen MR) is 88.6 cm³/mol. The molecule has 0 radical (unpaired) electrons. The van der Waals surface area contributed by atoms with Crippen LogP contribution in [0.25, 0.3) is 0 Å². The largest absolute Gasteiger partial charge is 0.351 e. The van der Waals surface area contributed by atoms with E-state index >= 15 is 0 Å². The Hall–Kier alpha value is -2.50. The molecule has 0 bridgehead atoms. The highest BCUT2D eigenvalue weighted by Gasteiger charge is 2.43. The third-order valence-corrected chi connectivity index (χ3v) is 4.11. The number of carbonyl (C=O) groups is 2. The lowest BCUT2D eigenvalue weighted by molar-refractivity contribution is -0.127. The van der Waals surface area contributed by atoms with Crippen molar-refractivity contribution in [3.8, 4) is 0 Å². The van der Waals surface area contributed by atoms with E-state index < -0.39 is 12.1 Å². The Kier molecular flexibility index (Phi) is 4.23. The third-order valence-electron chi connectivity index (χ3n) is 4.11. The van der Waals surface area contributed by atoms with Crippen molar-refractivity contribution in [1.82, 2.24) is 9.80 Å². The van der Waals surface area contributed by atoms with Crippen LogP contribution in [0.15, 0.2) is 40.3 Å². The highest BCUT2D eigenvalue weighted by atomic mass is 16.2. The van der Waals surface area contributed by atoms with Crippen LogP contribution < -0.4 is 0 Å². The van der Waals surface area contributed by atoms with Crippen molar-refractivity contribution in [1.29, 1.82) is 0 Å². The van der Waals surface area contributed by atoms with Gasteiger partial charge in [0.15, 0.2) is 11.9 Å². The molecule has 1 aromatic rings. The van der Waals surface area contributed by atoms with Gasteiger partial charge in [-0.1, -0.05) is 37.3 Å². The average Bonchev–Trinajstić information content (AvgIpc) is 2.90. The molecule has 0 aromatic heterocycles. The molecule has 0 saturated carbocycles. The van der Waals surface area contributed by atoms with E-state index in [4.69, 9.17) is 0 Å². The highest BCUT2D eigenvalue weighted by Crippen LogP contribution is 2.22. The van der Waals surface area contributed by atoms with Gasteiger partial charge in [-0.05, 0) is 18.4 Å². The van der Waals surface area contributed by atoms with Crippen molar-refractivity contribution >= 4 is 23.6 Å². The Bertz CT molecular complexity index is 681. The summed E-state index contributed by atoms with van der Waals surface area (Å²) in [6, 6.07) is 8.95. The van der Waals surface area contributed by atoms with E-state index in [0.717, 1.165) is 30.0 Å². The minimum atomic E-state index is -0.657. The molecule has 1 aromatic carbocycles. The number of amidine groups is 2. The third kappa shape index (κ3) is 2.88. The fraction of sp³-hybridized carbons (Fsp3) is 0.412. The molecule has 2 heterocycles. The molecule has 0 fully saturated rings. The van der Waals surface area contributed by atoms with Gasteiger partial charge in [-0.3, -0.25) is 14.7 Å². The van der Waals surface area contributed by atoms with Gasteiger partial charge in [-0.15, -0.1) is 0 Å². The summed E-state index contributed by atoms with van der Waals surface area (Å²) in [6.07, 6.45) is 2.52.